The van der Waals surface area contributed by atoms with E-state index in [1.54, 1.807) is 6.92 Å². The Hall–Kier alpha value is -3.08. The number of rotatable bonds is 6. The van der Waals surface area contributed by atoms with E-state index in [1.165, 1.54) is 24.0 Å². The molecule has 0 bridgehead atoms. The van der Waals surface area contributed by atoms with Crippen LogP contribution >= 0.6 is 0 Å². The summed E-state index contributed by atoms with van der Waals surface area (Å²) < 4.78 is 10.8. The van der Waals surface area contributed by atoms with Crippen molar-refractivity contribution in [2.45, 2.75) is 52.6 Å². The van der Waals surface area contributed by atoms with Crippen LogP contribution in [0.5, 0.6) is 0 Å². The normalized spacial score (nSPS) is 14.6. The molecule has 156 valence electrons. The number of nitrogens with zero attached hydrogens (tertiary/aromatic N) is 1. The summed E-state index contributed by atoms with van der Waals surface area (Å²) >= 11 is 0. The van der Waals surface area contributed by atoms with Crippen molar-refractivity contribution in [1.82, 2.24) is 5.16 Å². The molecule has 5 heteroatoms. The maximum atomic E-state index is 12.3. The first-order valence-corrected chi connectivity index (χ1v) is 10.6. The number of nitrogens with one attached hydrogen (secondary N) is 1. The van der Waals surface area contributed by atoms with E-state index in [4.69, 9.17) is 9.26 Å². The van der Waals surface area contributed by atoms with Crippen LogP contribution in [0.2, 0.25) is 0 Å². The number of aromatic nitrogens is 1. The molecule has 1 fully saturated rings. The summed E-state index contributed by atoms with van der Waals surface area (Å²) in [6, 6.07) is 16.9. The molecule has 30 heavy (non-hydrogen) atoms. The first-order valence-electron chi connectivity index (χ1n) is 10.6. The molecule has 1 aromatic heterocycles. The van der Waals surface area contributed by atoms with Gasteiger partial charge < -0.3 is 9.26 Å². The third-order valence-corrected chi connectivity index (χ3v) is 5.77. The lowest BCUT2D eigenvalue weighted by Gasteiger charge is -2.16. The van der Waals surface area contributed by atoms with Crippen molar-refractivity contribution in [3.63, 3.8) is 0 Å². The van der Waals surface area contributed by atoms with Crippen molar-refractivity contribution in [3.8, 4) is 22.4 Å². The molecule has 1 saturated carbocycles. The number of carbonyl (C=O) groups excluding carboxylic acids is 1. The molecule has 0 aliphatic heterocycles. The number of benzene rings is 2. The lowest BCUT2D eigenvalue weighted by atomic mass is 10.00. The summed E-state index contributed by atoms with van der Waals surface area (Å²) in [5, 5.41) is 6.94. The highest BCUT2D eigenvalue weighted by Crippen LogP contribution is 2.40. The number of aryl methyl sites for hydroxylation is 1. The molecule has 1 aliphatic rings. The van der Waals surface area contributed by atoms with Crippen molar-refractivity contribution in [1.29, 1.82) is 0 Å². The van der Waals surface area contributed by atoms with Gasteiger partial charge in [0.15, 0.2) is 5.76 Å². The van der Waals surface area contributed by atoms with Crippen molar-refractivity contribution in [3.05, 3.63) is 59.9 Å². The second-order valence-electron chi connectivity index (χ2n) is 8.42. The monoisotopic (exact) mass is 404 g/mol. The van der Waals surface area contributed by atoms with Gasteiger partial charge >= 0.3 is 6.09 Å². The van der Waals surface area contributed by atoms with E-state index in [1.807, 2.05) is 32.9 Å². The molecule has 1 atom stereocenters. The van der Waals surface area contributed by atoms with Crippen LogP contribution in [0, 0.1) is 12.8 Å². The highest BCUT2D eigenvalue weighted by Gasteiger charge is 2.23. The number of hydrogen-bond acceptors (Lipinski definition) is 4. The number of anilines is 1. The quantitative estimate of drug-likeness (QED) is 0.491. The van der Waals surface area contributed by atoms with E-state index in [0.717, 1.165) is 17.0 Å². The zero-order valence-corrected chi connectivity index (χ0v) is 17.9. The van der Waals surface area contributed by atoms with Gasteiger partial charge in [-0.25, -0.2) is 4.79 Å². The molecular formula is C25H28N2O3. The van der Waals surface area contributed by atoms with Crippen LogP contribution in [-0.2, 0) is 4.74 Å². The summed E-state index contributed by atoms with van der Waals surface area (Å²) in [5.41, 5.74) is 5.77. The minimum absolute atomic E-state index is 0.181. The zero-order valence-electron chi connectivity index (χ0n) is 17.9. The lowest BCUT2D eigenvalue weighted by Crippen LogP contribution is -2.24. The maximum absolute atomic E-state index is 12.3. The summed E-state index contributed by atoms with van der Waals surface area (Å²) in [5.74, 6) is 1.54. The number of amides is 1. The molecule has 4 rings (SSSR count). The number of ether oxygens (including phenoxy) is 1. The molecule has 1 aliphatic carbocycles. The topological polar surface area (TPSA) is 64.4 Å². The van der Waals surface area contributed by atoms with Crippen LogP contribution in [0.15, 0.2) is 53.1 Å². The predicted octanol–water partition coefficient (Wildman–Crippen LogP) is 6.79. The van der Waals surface area contributed by atoms with Gasteiger partial charge in [0.05, 0.1) is 0 Å². The molecule has 5 nitrogen and oxygen atoms in total. The Labute approximate surface area is 177 Å². The van der Waals surface area contributed by atoms with E-state index < -0.39 is 6.09 Å². The average Bonchev–Trinajstić information content (AvgIpc) is 3.53. The highest BCUT2D eigenvalue weighted by atomic mass is 16.6. The fourth-order valence-electron chi connectivity index (χ4n) is 3.34. The van der Waals surface area contributed by atoms with Crippen LogP contribution in [0.1, 0.15) is 50.9 Å². The highest BCUT2D eigenvalue weighted by molar-refractivity contribution is 5.91. The van der Waals surface area contributed by atoms with Crippen LogP contribution in [0.3, 0.4) is 0 Å². The van der Waals surface area contributed by atoms with Crippen LogP contribution in [-0.4, -0.2) is 17.4 Å². The molecule has 0 spiro atoms. The Balaban J connectivity index is 1.51. The summed E-state index contributed by atoms with van der Waals surface area (Å²) in [6.45, 7) is 7.67. The Morgan fingerprint density at radius 1 is 1.00 bits per heavy atom. The fourth-order valence-corrected chi connectivity index (χ4v) is 3.34. The second-order valence-corrected chi connectivity index (χ2v) is 8.42. The maximum Gasteiger partial charge on any atom is 0.412 e. The molecule has 0 radical (unpaired) electrons. The minimum Gasteiger partial charge on any atom is -0.446 e. The zero-order chi connectivity index (χ0) is 21.3. The Bertz CT molecular complexity index is 1020. The van der Waals surface area contributed by atoms with Gasteiger partial charge in [0.1, 0.15) is 17.5 Å². The minimum atomic E-state index is -0.504. The third kappa shape index (κ3) is 4.40. The smallest absolute Gasteiger partial charge is 0.412 e. The molecule has 1 amide bonds. The van der Waals surface area contributed by atoms with Crippen LogP contribution in [0.4, 0.5) is 10.5 Å². The van der Waals surface area contributed by atoms with E-state index in [9.17, 15) is 4.79 Å². The van der Waals surface area contributed by atoms with Crippen molar-refractivity contribution in [2.75, 3.05) is 5.32 Å². The molecule has 0 saturated heterocycles. The number of carbonyl (C=O) groups is 1. The lowest BCUT2D eigenvalue weighted by molar-refractivity contribution is 0.0940. The average molecular weight is 405 g/mol. The number of hydrogen-bond donors (Lipinski definition) is 1. The Kier molecular flexibility index (Phi) is 5.62. The fraction of sp³-hybridized carbons (Fsp3) is 0.360. The van der Waals surface area contributed by atoms with E-state index in [0.29, 0.717) is 17.1 Å². The van der Waals surface area contributed by atoms with Crippen LogP contribution in [0.25, 0.3) is 22.4 Å². The van der Waals surface area contributed by atoms with Gasteiger partial charge in [-0.2, -0.15) is 0 Å². The van der Waals surface area contributed by atoms with Gasteiger partial charge in [-0.3, -0.25) is 5.32 Å². The standard InChI is InChI=1S/C25H28N2O3/c1-15(2)16(3)29-25(28)26-23-17(4)30-27-24(23)22-13-11-21(12-14-22)20-9-7-19(8-10-20)18-5-6-18/h7-16,18H,5-6H2,1-4H3,(H,26,28)/t16-/m1/s1. The van der Waals surface area contributed by atoms with E-state index in [-0.39, 0.29) is 12.0 Å². The molecule has 3 aromatic rings. The molecule has 1 heterocycles. The molecule has 1 N–H and O–H groups in total. The summed E-state index contributed by atoms with van der Waals surface area (Å²) in [6.07, 6.45) is 1.94. The first-order chi connectivity index (χ1) is 14.4. The SMILES string of the molecule is Cc1onc(-c2ccc(-c3ccc(C4CC4)cc3)cc2)c1NC(=O)O[C@H](C)C(C)C. The van der Waals surface area contributed by atoms with Crippen LogP contribution < -0.4 is 5.32 Å². The Morgan fingerprint density at radius 2 is 1.57 bits per heavy atom. The van der Waals surface area contributed by atoms with Gasteiger partial charge in [-0.1, -0.05) is 67.5 Å². The van der Waals surface area contributed by atoms with Crippen molar-refractivity contribution in [2.24, 2.45) is 5.92 Å². The first kappa shape index (κ1) is 20.2. The molecule has 0 unspecified atom stereocenters. The van der Waals surface area contributed by atoms with E-state index in [2.05, 4.69) is 46.9 Å². The van der Waals surface area contributed by atoms with Gasteiger partial charge in [0, 0.05) is 5.56 Å². The molecule has 2 aromatic carbocycles. The summed E-state index contributed by atoms with van der Waals surface area (Å²) in [4.78, 5) is 12.3. The third-order valence-electron chi connectivity index (χ3n) is 5.77. The molecular weight excluding hydrogens is 376 g/mol. The van der Waals surface area contributed by atoms with Gasteiger partial charge in [0.2, 0.25) is 0 Å². The second kappa shape index (κ2) is 8.34. The van der Waals surface area contributed by atoms with E-state index >= 15 is 0 Å². The van der Waals surface area contributed by atoms with Gasteiger partial charge in [-0.15, -0.1) is 0 Å². The Morgan fingerprint density at radius 3 is 2.13 bits per heavy atom. The predicted molar refractivity (Wildman–Crippen MR) is 118 cm³/mol. The summed E-state index contributed by atoms with van der Waals surface area (Å²) in [7, 11) is 0. The largest absolute Gasteiger partial charge is 0.446 e. The van der Waals surface area contributed by atoms with Gasteiger partial charge in [0.25, 0.3) is 0 Å². The van der Waals surface area contributed by atoms with Gasteiger partial charge in [-0.05, 0) is 55.2 Å². The van der Waals surface area contributed by atoms with Crippen molar-refractivity contribution >= 4 is 11.8 Å². The van der Waals surface area contributed by atoms with Crippen molar-refractivity contribution < 1.29 is 14.1 Å².